The standard InChI is InChI=1S/C24H30N10O.C2HF3O2/c1-31-10-12-33(13-11-31)15-17-6-5-9-19(27-17)24(35)30-34(18-7-3-4-8-18)23-21-22(32(2)16-26-21)28-20(14-25)29-23;3-2(4,5)1(6)7/h5-6,9,16,18H,3-4,7-8,10-13,15H2,1-2H3,(H,30,35);(H,6,7). The summed E-state index contributed by atoms with van der Waals surface area (Å²) in [6.07, 6.45) is 0.519. The van der Waals surface area contributed by atoms with Crippen molar-refractivity contribution in [2.45, 2.75) is 44.4 Å². The zero-order valence-corrected chi connectivity index (χ0v) is 23.2. The quantitative estimate of drug-likeness (QED) is 0.407. The molecule has 0 spiro atoms. The summed E-state index contributed by atoms with van der Waals surface area (Å²) < 4.78 is 33.5. The van der Waals surface area contributed by atoms with Gasteiger partial charge in [-0.05, 0) is 32.0 Å². The topological polar surface area (TPSA) is 156 Å². The van der Waals surface area contributed by atoms with Crippen molar-refractivity contribution in [1.82, 2.24) is 39.7 Å². The number of fused-ring (bicyclic) bond motifs is 1. The number of aliphatic carboxylic acids is 1. The van der Waals surface area contributed by atoms with Crippen LogP contribution in [-0.2, 0) is 18.4 Å². The van der Waals surface area contributed by atoms with E-state index < -0.39 is 12.1 Å². The third-order valence-corrected chi connectivity index (χ3v) is 7.04. The van der Waals surface area contributed by atoms with E-state index in [-0.39, 0.29) is 17.8 Å². The minimum Gasteiger partial charge on any atom is -0.475 e. The van der Waals surface area contributed by atoms with Gasteiger partial charge in [-0.15, -0.1) is 0 Å². The van der Waals surface area contributed by atoms with Crippen LogP contribution in [0.3, 0.4) is 0 Å². The van der Waals surface area contributed by atoms with E-state index in [4.69, 9.17) is 9.90 Å². The summed E-state index contributed by atoms with van der Waals surface area (Å²) in [5, 5.41) is 18.4. The van der Waals surface area contributed by atoms with E-state index in [0.29, 0.717) is 29.2 Å². The van der Waals surface area contributed by atoms with Crippen molar-refractivity contribution >= 4 is 28.9 Å². The van der Waals surface area contributed by atoms with Crippen molar-refractivity contribution in [3.8, 4) is 6.07 Å². The fraction of sp³-hybridized carbons (Fsp3) is 0.500. The lowest BCUT2D eigenvalue weighted by Crippen LogP contribution is -2.49. The predicted octanol–water partition coefficient (Wildman–Crippen LogP) is 2.10. The van der Waals surface area contributed by atoms with Crippen LogP contribution in [0.15, 0.2) is 24.5 Å². The van der Waals surface area contributed by atoms with Gasteiger partial charge in [0.25, 0.3) is 5.91 Å². The second-order valence-electron chi connectivity index (χ2n) is 10.2. The molecule has 1 aliphatic carbocycles. The normalized spacial score (nSPS) is 16.5. The number of nitrogens with one attached hydrogen (secondary N) is 1. The first-order valence-electron chi connectivity index (χ1n) is 13.3. The van der Waals surface area contributed by atoms with Gasteiger partial charge in [0.15, 0.2) is 17.0 Å². The Morgan fingerprint density at radius 3 is 2.40 bits per heavy atom. The zero-order valence-electron chi connectivity index (χ0n) is 23.2. The van der Waals surface area contributed by atoms with Crippen LogP contribution in [0.1, 0.15) is 47.7 Å². The van der Waals surface area contributed by atoms with E-state index >= 15 is 0 Å². The van der Waals surface area contributed by atoms with Gasteiger partial charge in [0, 0.05) is 39.8 Å². The first kappa shape index (κ1) is 30.6. The number of carboxylic acids is 1. The minimum atomic E-state index is -5.08. The van der Waals surface area contributed by atoms with Crippen LogP contribution in [0.2, 0.25) is 0 Å². The van der Waals surface area contributed by atoms with Crippen LogP contribution in [0.4, 0.5) is 19.0 Å². The Hall–Kier alpha value is -4.36. The van der Waals surface area contributed by atoms with Gasteiger partial charge in [-0.2, -0.15) is 28.4 Å². The largest absolute Gasteiger partial charge is 0.490 e. The van der Waals surface area contributed by atoms with Gasteiger partial charge in [-0.25, -0.2) is 14.8 Å². The van der Waals surface area contributed by atoms with E-state index in [2.05, 4.69) is 42.2 Å². The number of pyridine rings is 1. The number of nitrogens with zero attached hydrogens (tertiary/aromatic N) is 9. The maximum Gasteiger partial charge on any atom is 0.490 e. The number of carbonyl (C=O) groups excluding carboxylic acids is 1. The molecule has 5 rings (SSSR count). The molecule has 0 unspecified atom stereocenters. The van der Waals surface area contributed by atoms with Crippen LogP contribution < -0.4 is 10.4 Å². The van der Waals surface area contributed by atoms with Crippen molar-refractivity contribution in [1.29, 1.82) is 5.26 Å². The molecule has 3 aromatic rings. The number of anilines is 1. The van der Waals surface area contributed by atoms with E-state index in [1.807, 2.05) is 25.2 Å². The highest BCUT2D eigenvalue weighted by molar-refractivity contribution is 5.94. The van der Waals surface area contributed by atoms with Gasteiger partial charge >= 0.3 is 12.1 Å². The highest BCUT2D eigenvalue weighted by Crippen LogP contribution is 2.29. The lowest BCUT2D eigenvalue weighted by Gasteiger charge is -2.32. The molecule has 13 nitrogen and oxygen atoms in total. The van der Waals surface area contributed by atoms with Crippen molar-refractivity contribution < 1.29 is 27.9 Å². The summed E-state index contributed by atoms with van der Waals surface area (Å²) >= 11 is 0. The molecule has 1 saturated carbocycles. The Morgan fingerprint density at radius 1 is 1.12 bits per heavy atom. The van der Waals surface area contributed by atoms with Gasteiger partial charge in [-0.3, -0.25) is 20.1 Å². The van der Waals surface area contributed by atoms with Crippen molar-refractivity contribution in [2.24, 2.45) is 7.05 Å². The lowest BCUT2D eigenvalue weighted by atomic mass is 10.2. The molecule has 1 amide bonds. The third-order valence-electron chi connectivity index (χ3n) is 7.04. The Balaban J connectivity index is 0.000000517. The molecule has 224 valence electrons. The van der Waals surface area contributed by atoms with Gasteiger partial charge < -0.3 is 14.6 Å². The molecule has 2 aliphatic rings. The summed E-state index contributed by atoms with van der Waals surface area (Å²) in [5.41, 5.74) is 5.37. The Kier molecular flexibility index (Phi) is 9.53. The zero-order chi connectivity index (χ0) is 30.4. The monoisotopic (exact) mass is 588 g/mol. The number of likely N-dealkylation sites (N-methyl/N-ethyl adjacent to an activating group) is 1. The number of aryl methyl sites for hydroxylation is 1. The SMILES string of the molecule is CN1CCN(Cc2cccc(C(=O)NN(c3nc(C#N)nc4c3ncn4C)C3CCCC3)n2)CC1.O=C(O)C(F)(F)F. The van der Waals surface area contributed by atoms with Gasteiger partial charge in [-0.1, -0.05) is 18.9 Å². The highest BCUT2D eigenvalue weighted by Gasteiger charge is 2.38. The molecule has 16 heteroatoms. The molecule has 4 heterocycles. The number of aromatic nitrogens is 5. The molecule has 2 fully saturated rings. The molecule has 42 heavy (non-hydrogen) atoms. The number of alkyl halides is 3. The van der Waals surface area contributed by atoms with Crippen molar-refractivity contribution in [2.75, 3.05) is 38.2 Å². The summed E-state index contributed by atoms with van der Waals surface area (Å²) in [5.74, 6) is -2.58. The predicted molar refractivity (Wildman–Crippen MR) is 144 cm³/mol. The fourth-order valence-corrected chi connectivity index (χ4v) is 4.79. The number of carboxylic acid groups (broad SMARTS) is 1. The number of amides is 1. The second kappa shape index (κ2) is 13.1. The van der Waals surface area contributed by atoms with Crippen molar-refractivity contribution in [3.05, 3.63) is 41.7 Å². The average Bonchev–Trinajstić information content (AvgIpc) is 3.63. The third kappa shape index (κ3) is 7.47. The van der Waals surface area contributed by atoms with E-state index in [9.17, 15) is 23.2 Å². The number of rotatable bonds is 6. The summed E-state index contributed by atoms with van der Waals surface area (Å²) in [7, 11) is 3.95. The molecular formula is C26H31F3N10O3. The molecule has 3 aromatic heterocycles. The molecular weight excluding hydrogens is 557 g/mol. The molecule has 0 bridgehead atoms. The number of hydrazine groups is 1. The number of piperazine rings is 1. The smallest absolute Gasteiger partial charge is 0.475 e. The summed E-state index contributed by atoms with van der Waals surface area (Å²) in [4.78, 5) is 44.8. The summed E-state index contributed by atoms with van der Waals surface area (Å²) in [6, 6.07) is 7.66. The lowest BCUT2D eigenvalue weighted by molar-refractivity contribution is -0.192. The molecule has 0 aromatic carbocycles. The van der Waals surface area contributed by atoms with Crippen LogP contribution in [0, 0.1) is 11.3 Å². The van der Waals surface area contributed by atoms with Crippen LogP contribution in [-0.4, -0.2) is 96.7 Å². The van der Waals surface area contributed by atoms with Gasteiger partial charge in [0.05, 0.1) is 18.1 Å². The van der Waals surface area contributed by atoms with E-state index in [1.165, 1.54) is 0 Å². The summed E-state index contributed by atoms with van der Waals surface area (Å²) in [6.45, 7) is 4.75. The molecule has 0 atom stereocenters. The number of nitriles is 1. The number of carbonyl (C=O) groups is 2. The Morgan fingerprint density at radius 2 is 1.79 bits per heavy atom. The minimum absolute atomic E-state index is 0.0423. The maximum atomic E-state index is 13.4. The van der Waals surface area contributed by atoms with Crippen LogP contribution >= 0.6 is 0 Å². The highest BCUT2D eigenvalue weighted by atomic mass is 19.4. The van der Waals surface area contributed by atoms with E-state index in [1.54, 1.807) is 22.0 Å². The molecule has 1 saturated heterocycles. The number of halogens is 3. The molecule has 2 N–H and O–H groups in total. The first-order chi connectivity index (χ1) is 20.0. The fourth-order valence-electron chi connectivity index (χ4n) is 4.79. The molecule has 0 radical (unpaired) electrons. The maximum absolute atomic E-state index is 13.4. The first-order valence-corrected chi connectivity index (χ1v) is 13.3. The van der Waals surface area contributed by atoms with Crippen molar-refractivity contribution in [3.63, 3.8) is 0 Å². The van der Waals surface area contributed by atoms with E-state index in [0.717, 1.165) is 57.6 Å². The molecule has 1 aliphatic heterocycles. The van der Waals surface area contributed by atoms with Gasteiger partial charge in [0.1, 0.15) is 11.8 Å². The number of imidazole rings is 1. The average molecular weight is 589 g/mol. The number of hydrogen-bond acceptors (Lipinski definition) is 10. The number of hydrogen-bond donors (Lipinski definition) is 2. The Bertz CT molecular complexity index is 1460. The Labute approximate surface area is 239 Å². The van der Waals surface area contributed by atoms with Crippen LogP contribution in [0.5, 0.6) is 0 Å². The second-order valence-corrected chi connectivity index (χ2v) is 10.2. The van der Waals surface area contributed by atoms with Crippen LogP contribution in [0.25, 0.3) is 11.2 Å². The van der Waals surface area contributed by atoms with Gasteiger partial charge in [0.2, 0.25) is 5.82 Å².